The largest absolute Gasteiger partial charge is 0.375 e. The second-order valence-electron chi connectivity index (χ2n) is 4.08. The molecule has 1 aliphatic heterocycles. The molecule has 2 heterocycles. The van der Waals surface area contributed by atoms with E-state index < -0.39 is 16.2 Å². The van der Waals surface area contributed by atoms with Gasteiger partial charge in [-0.2, -0.15) is 0 Å². The summed E-state index contributed by atoms with van der Waals surface area (Å²) >= 11 is 0. The Bertz CT molecular complexity index is 493. The maximum Gasteiger partial charge on any atom is 0.375 e. The van der Waals surface area contributed by atoms with Gasteiger partial charge in [-0.1, -0.05) is 6.92 Å². The summed E-state index contributed by atoms with van der Waals surface area (Å²) in [4.78, 5) is 31.9. The van der Waals surface area contributed by atoms with Crippen LogP contribution in [0, 0.1) is 10.1 Å². The number of H-pyrrole nitrogens is 1. The molecule has 1 aliphatic rings. The van der Waals surface area contributed by atoms with Gasteiger partial charge in [-0.15, -0.1) is 0 Å². The second kappa shape index (κ2) is 5.13. The molecular weight excluding hydrogens is 238 g/mol. The number of nitrogens with zero attached hydrogens (tertiary/aromatic N) is 4. The molecule has 18 heavy (non-hydrogen) atoms. The van der Waals surface area contributed by atoms with Gasteiger partial charge in [0.15, 0.2) is 0 Å². The number of likely N-dealkylation sites (N-methyl/N-ethyl adjacent to an activating group) is 1. The van der Waals surface area contributed by atoms with Crippen molar-refractivity contribution >= 4 is 11.5 Å². The fourth-order valence-corrected chi connectivity index (χ4v) is 2.05. The summed E-state index contributed by atoms with van der Waals surface area (Å²) < 4.78 is 0. The lowest BCUT2D eigenvalue weighted by Crippen LogP contribution is -2.47. The zero-order valence-corrected chi connectivity index (χ0v) is 10.1. The van der Waals surface area contributed by atoms with Crippen LogP contribution in [0.15, 0.2) is 11.1 Å². The fraction of sp³-hybridized carbons (Fsp3) is 0.600. The summed E-state index contributed by atoms with van der Waals surface area (Å²) in [7, 11) is 0. The lowest BCUT2D eigenvalue weighted by atomic mass is 10.3. The number of aromatic amines is 1. The molecule has 1 N–H and O–H groups in total. The van der Waals surface area contributed by atoms with Crippen LogP contribution >= 0.6 is 0 Å². The van der Waals surface area contributed by atoms with E-state index in [0.717, 1.165) is 19.6 Å². The fourth-order valence-electron chi connectivity index (χ4n) is 2.05. The summed E-state index contributed by atoms with van der Waals surface area (Å²) in [6.07, 6.45) is 1.21. The Morgan fingerprint density at radius 3 is 2.67 bits per heavy atom. The van der Waals surface area contributed by atoms with Gasteiger partial charge in [-0.25, -0.2) is 4.98 Å². The van der Waals surface area contributed by atoms with Crippen molar-refractivity contribution in [3.05, 3.63) is 26.8 Å². The SMILES string of the molecule is CCN1CCN(c2nc[nH]c(=O)c2[N+](=O)[O-])CC1. The van der Waals surface area contributed by atoms with Gasteiger partial charge in [0.25, 0.3) is 0 Å². The third-order valence-electron chi connectivity index (χ3n) is 3.11. The van der Waals surface area contributed by atoms with Crippen molar-refractivity contribution in [1.82, 2.24) is 14.9 Å². The minimum Gasteiger partial charge on any atom is -0.348 e. The number of rotatable bonds is 3. The van der Waals surface area contributed by atoms with Crippen molar-refractivity contribution in [1.29, 1.82) is 0 Å². The molecule has 2 rings (SSSR count). The third-order valence-corrected chi connectivity index (χ3v) is 3.11. The van der Waals surface area contributed by atoms with E-state index in [2.05, 4.69) is 21.8 Å². The normalized spacial score (nSPS) is 16.8. The number of aromatic nitrogens is 2. The number of hydrogen-bond donors (Lipinski definition) is 1. The van der Waals surface area contributed by atoms with Crippen LogP contribution < -0.4 is 10.5 Å². The minimum atomic E-state index is -0.706. The molecule has 8 heteroatoms. The molecule has 1 aromatic heterocycles. The molecule has 8 nitrogen and oxygen atoms in total. The lowest BCUT2D eigenvalue weighted by molar-refractivity contribution is -0.385. The number of hydrogen-bond acceptors (Lipinski definition) is 6. The molecule has 0 saturated carbocycles. The van der Waals surface area contributed by atoms with E-state index in [0.29, 0.717) is 13.1 Å². The highest BCUT2D eigenvalue weighted by Crippen LogP contribution is 2.21. The van der Waals surface area contributed by atoms with Gasteiger partial charge in [0, 0.05) is 26.2 Å². The summed E-state index contributed by atoms with van der Waals surface area (Å²) in [5, 5.41) is 10.9. The van der Waals surface area contributed by atoms with E-state index in [1.807, 2.05) is 0 Å². The Morgan fingerprint density at radius 2 is 2.11 bits per heavy atom. The molecule has 1 saturated heterocycles. The van der Waals surface area contributed by atoms with Crippen LogP contribution in [0.2, 0.25) is 0 Å². The Kier molecular flexibility index (Phi) is 3.56. The Morgan fingerprint density at radius 1 is 1.44 bits per heavy atom. The molecule has 0 bridgehead atoms. The van der Waals surface area contributed by atoms with E-state index in [1.54, 1.807) is 4.90 Å². The molecule has 0 amide bonds. The van der Waals surface area contributed by atoms with Gasteiger partial charge in [0.1, 0.15) is 0 Å². The van der Waals surface area contributed by atoms with Crippen molar-refractivity contribution in [2.24, 2.45) is 0 Å². The van der Waals surface area contributed by atoms with Crippen LogP contribution in [0.4, 0.5) is 11.5 Å². The Labute approximate surface area is 103 Å². The maximum absolute atomic E-state index is 11.5. The van der Waals surface area contributed by atoms with Crippen LogP contribution in [0.25, 0.3) is 0 Å². The van der Waals surface area contributed by atoms with Gasteiger partial charge < -0.3 is 14.8 Å². The first kappa shape index (κ1) is 12.5. The van der Waals surface area contributed by atoms with Gasteiger partial charge in [-0.3, -0.25) is 14.9 Å². The molecule has 0 radical (unpaired) electrons. The van der Waals surface area contributed by atoms with Gasteiger partial charge in [0.2, 0.25) is 5.82 Å². The van der Waals surface area contributed by atoms with E-state index >= 15 is 0 Å². The first-order valence-electron chi connectivity index (χ1n) is 5.83. The van der Waals surface area contributed by atoms with Gasteiger partial charge in [0.05, 0.1) is 11.3 Å². The molecule has 0 aromatic carbocycles. The number of anilines is 1. The quantitative estimate of drug-likeness (QED) is 0.593. The first-order chi connectivity index (χ1) is 8.63. The number of piperazine rings is 1. The van der Waals surface area contributed by atoms with E-state index in [1.165, 1.54) is 6.33 Å². The summed E-state index contributed by atoms with van der Waals surface area (Å²) in [5.41, 5.74) is -1.18. The maximum atomic E-state index is 11.5. The summed E-state index contributed by atoms with van der Waals surface area (Å²) in [5.74, 6) is 0.166. The summed E-state index contributed by atoms with van der Waals surface area (Å²) in [6, 6.07) is 0. The van der Waals surface area contributed by atoms with E-state index in [9.17, 15) is 14.9 Å². The van der Waals surface area contributed by atoms with Crippen molar-refractivity contribution in [2.45, 2.75) is 6.92 Å². The average molecular weight is 253 g/mol. The smallest absolute Gasteiger partial charge is 0.348 e. The Balaban J connectivity index is 2.27. The third kappa shape index (κ3) is 2.33. The standard InChI is InChI=1S/C10H15N5O3/c1-2-13-3-5-14(6-4-13)9-8(15(17)18)10(16)12-7-11-9/h7H,2-6H2,1H3,(H,11,12,16). The molecule has 1 aromatic rings. The second-order valence-corrected chi connectivity index (χ2v) is 4.08. The van der Waals surface area contributed by atoms with Crippen LogP contribution in [-0.4, -0.2) is 52.5 Å². The van der Waals surface area contributed by atoms with E-state index in [4.69, 9.17) is 0 Å². The first-order valence-corrected chi connectivity index (χ1v) is 5.83. The van der Waals surface area contributed by atoms with Crippen LogP contribution in [0.5, 0.6) is 0 Å². The van der Waals surface area contributed by atoms with Gasteiger partial charge >= 0.3 is 11.2 Å². The van der Waals surface area contributed by atoms with Crippen LogP contribution in [0.1, 0.15) is 6.92 Å². The topological polar surface area (TPSA) is 95.4 Å². The Hall–Kier alpha value is -1.96. The summed E-state index contributed by atoms with van der Waals surface area (Å²) in [6.45, 7) is 5.96. The highest BCUT2D eigenvalue weighted by atomic mass is 16.6. The monoisotopic (exact) mass is 253 g/mol. The van der Waals surface area contributed by atoms with Crippen molar-refractivity contribution in [3.63, 3.8) is 0 Å². The van der Waals surface area contributed by atoms with Crippen molar-refractivity contribution < 1.29 is 4.92 Å². The van der Waals surface area contributed by atoms with Crippen molar-refractivity contribution in [2.75, 3.05) is 37.6 Å². The number of nitrogens with one attached hydrogen (secondary N) is 1. The van der Waals surface area contributed by atoms with Crippen LogP contribution in [-0.2, 0) is 0 Å². The number of nitro groups is 1. The van der Waals surface area contributed by atoms with Crippen LogP contribution in [0.3, 0.4) is 0 Å². The molecule has 0 unspecified atom stereocenters. The minimum absolute atomic E-state index is 0.166. The zero-order chi connectivity index (χ0) is 13.1. The highest BCUT2D eigenvalue weighted by Gasteiger charge is 2.27. The van der Waals surface area contributed by atoms with E-state index in [-0.39, 0.29) is 5.82 Å². The highest BCUT2D eigenvalue weighted by molar-refractivity contribution is 5.56. The zero-order valence-electron chi connectivity index (χ0n) is 10.1. The molecule has 98 valence electrons. The predicted octanol–water partition coefficient (Wildman–Crippen LogP) is -0.180. The average Bonchev–Trinajstić information content (AvgIpc) is 2.38. The van der Waals surface area contributed by atoms with Crippen molar-refractivity contribution in [3.8, 4) is 0 Å². The molecule has 1 fully saturated rings. The molecule has 0 atom stereocenters. The molecule has 0 spiro atoms. The van der Waals surface area contributed by atoms with Gasteiger partial charge in [-0.05, 0) is 6.54 Å². The molecule has 0 aliphatic carbocycles. The lowest BCUT2D eigenvalue weighted by Gasteiger charge is -2.34. The molecular formula is C10H15N5O3. The predicted molar refractivity (Wildman–Crippen MR) is 65.8 cm³/mol.